The van der Waals surface area contributed by atoms with Crippen molar-refractivity contribution in [2.24, 2.45) is 5.73 Å². The lowest BCUT2D eigenvalue weighted by atomic mass is 10.2. The highest BCUT2D eigenvalue weighted by molar-refractivity contribution is 6.31. The Labute approximate surface area is 99.4 Å². The topological polar surface area (TPSA) is 58.4 Å². The minimum atomic E-state index is -0.110. The van der Waals surface area contributed by atoms with Crippen LogP contribution < -0.4 is 16.0 Å². The van der Waals surface area contributed by atoms with E-state index in [1.165, 1.54) is 0 Å². The predicted octanol–water partition coefficient (Wildman–Crippen LogP) is 1.51. The number of benzene rings is 1. The molecule has 0 spiro atoms. The van der Waals surface area contributed by atoms with Gasteiger partial charge in [-0.3, -0.25) is 4.90 Å². The lowest BCUT2D eigenvalue weighted by Crippen LogP contribution is -2.33. The van der Waals surface area contributed by atoms with Gasteiger partial charge in [0.25, 0.3) is 0 Å². The highest BCUT2D eigenvalue weighted by Crippen LogP contribution is 2.28. The SMILES string of the molecule is Cc1c(Cl)cccc1N1CC(CN)NC1=O. The third kappa shape index (κ3) is 1.86. The molecule has 0 aromatic heterocycles. The maximum Gasteiger partial charge on any atom is 0.322 e. The first-order valence-corrected chi connectivity index (χ1v) is 5.54. The van der Waals surface area contributed by atoms with E-state index >= 15 is 0 Å². The van der Waals surface area contributed by atoms with Crippen LogP contribution in [0.3, 0.4) is 0 Å². The molecule has 1 aliphatic heterocycles. The molecule has 5 heteroatoms. The molecule has 1 atom stereocenters. The first kappa shape index (κ1) is 11.2. The van der Waals surface area contributed by atoms with Gasteiger partial charge in [0.1, 0.15) is 0 Å². The predicted molar refractivity (Wildman–Crippen MR) is 64.9 cm³/mol. The van der Waals surface area contributed by atoms with E-state index in [-0.39, 0.29) is 12.1 Å². The average Bonchev–Trinajstić information content (AvgIpc) is 2.64. The van der Waals surface area contributed by atoms with Gasteiger partial charge in [0.15, 0.2) is 0 Å². The van der Waals surface area contributed by atoms with Gasteiger partial charge >= 0.3 is 6.03 Å². The molecule has 1 unspecified atom stereocenters. The third-order valence-electron chi connectivity index (χ3n) is 2.79. The number of carbonyl (C=O) groups excluding carboxylic acids is 1. The van der Waals surface area contributed by atoms with Crippen molar-refractivity contribution in [3.05, 3.63) is 28.8 Å². The third-order valence-corrected chi connectivity index (χ3v) is 3.20. The number of hydrogen-bond acceptors (Lipinski definition) is 2. The molecular formula is C11H14ClN3O. The number of hydrogen-bond donors (Lipinski definition) is 2. The van der Waals surface area contributed by atoms with Gasteiger partial charge in [-0.2, -0.15) is 0 Å². The Morgan fingerprint density at radius 3 is 3.00 bits per heavy atom. The van der Waals surface area contributed by atoms with Crippen LogP contribution in [0.4, 0.5) is 10.5 Å². The van der Waals surface area contributed by atoms with Crippen molar-refractivity contribution in [2.45, 2.75) is 13.0 Å². The van der Waals surface area contributed by atoms with Crippen molar-refractivity contribution in [2.75, 3.05) is 18.0 Å². The second-order valence-electron chi connectivity index (χ2n) is 3.88. The molecule has 1 heterocycles. The minimum absolute atomic E-state index is 0.0193. The number of nitrogens with two attached hydrogens (primary N) is 1. The first-order valence-electron chi connectivity index (χ1n) is 5.16. The monoisotopic (exact) mass is 239 g/mol. The van der Waals surface area contributed by atoms with Gasteiger partial charge in [-0.05, 0) is 24.6 Å². The van der Waals surface area contributed by atoms with Crippen LogP contribution in [0.2, 0.25) is 5.02 Å². The quantitative estimate of drug-likeness (QED) is 0.822. The molecular weight excluding hydrogens is 226 g/mol. The number of halogens is 1. The maximum absolute atomic E-state index is 11.7. The number of carbonyl (C=O) groups is 1. The van der Waals surface area contributed by atoms with Gasteiger partial charge in [0, 0.05) is 23.8 Å². The van der Waals surface area contributed by atoms with Crippen LogP contribution in [-0.4, -0.2) is 25.2 Å². The molecule has 0 bridgehead atoms. The second kappa shape index (κ2) is 4.31. The summed E-state index contributed by atoms with van der Waals surface area (Å²) in [5.74, 6) is 0. The van der Waals surface area contributed by atoms with E-state index in [9.17, 15) is 4.79 Å². The van der Waals surface area contributed by atoms with E-state index < -0.39 is 0 Å². The van der Waals surface area contributed by atoms with Crippen LogP contribution >= 0.6 is 11.6 Å². The zero-order valence-corrected chi connectivity index (χ0v) is 9.79. The first-order chi connectivity index (χ1) is 7.63. The van der Waals surface area contributed by atoms with E-state index in [4.69, 9.17) is 17.3 Å². The zero-order valence-electron chi connectivity index (χ0n) is 9.03. The van der Waals surface area contributed by atoms with Crippen molar-refractivity contribution in [3.63, 3.8) is 0 Å². The largest absolute Gasteiger partial charge is 0.332 e. The molecule has 1 aromatic carbocycles. The van der Waals surface area contributed by atoms with Crippen LogP contribution in [-0.2, 0) is 0 Å². The van der Waals surface area contributed by atoms with Crippen LogP contribution in [0.5, 0.6) is 0 Å². The summed E-state index contributed by atoms with van der Waals surface area (Å²) in [5, 5.41) is 3.49. The summed E-state index contributed by atoms with van der Waals surface area (Å²) >= 11 is 6.03. The standard InChI is InChI=1S/C11H14ClN3O/c1-7-9(12)3-2-4-10(7)15-6-8(5-13)14-11(15)16/h2-4,8H,5-6,13H2,1H3,(H,14,16). The van der Waals surface area contributed by atoms with Crippen molar-refractivity contribution in [1.29, 1.82) is 0 Å². The van der Waals surface area contributed by atoms with Crippen LogP contribution in [0, 0.1) is 6.92 Å². The van der Waals surface area contributed by atoms with Gasteiger partial charge in [-0.25, -0.2) is 4.79 Å². The lowest BCUT2D eigenvalue weighted by Gasteiger charge is -2.17. The van der Waals surface area contributed by atoms with E-state index in [2.05, 4.69) is 5.32 Å². The molecule has 0 radical (unpaired) electrons. The summed E-state index contributed by atoms with van der Waals surface area (Å²) < 4.78 is 0. The van der Waals surface area contributed by atoms with E-state index in [1.54, 1.807) is 4.90 Å². The molecule has 0 saturated carbocycles. The van der Waals surface area contributed by atoms with Crippen LogP contribution in [0.15, 0.2) is 18.2 Å². The van der Waals surface area contributed by atoms with Gasteiger partial charge in [-0.1, -0.05) is 17.7 Å². The van der Waals surface area contributed by atoms with Gasteiger partial charge < -0.3 is 11.1 Å². The summed E-state index contributed by atoms with van der Waals surface area (Å²) in [6.45, 7) is 2.94. The number of nitrogens with one attached hydrogen (secondary N) is 1. The Morgan fingerprint density at radius 1 is 1.62 bits per heavy atom. The Kier molecular flexibility index (Phi) is 3.03. The summed E-state index contributed by atoms with van der Waals surface area (Å²) in [6.07, 6.45) is 0. The minimum Gasteiger partial charge on any atom is -0.332 e. The van der Waals surface area contributed by atoms with Crippen LogP contribution in [0.25, 0.3) is 0 Å². The fraction of sp³-hybridized carbons (Fsp3) is 0.364. The smallest absolute Gasteiger partial charge is 0.322 e. The summed E-state index contributed by atoms with van der Waals surface area (Å²) in [5.41, 5.74) is 7.30. The Bertz CT molecular complexity index is 422. The number of rotatable bonds is 2. The van der Waals surface area contributed by atoms with Gasteiger partial charge in [0.05, 0.1) is 6.04 Å². The summed E-state index contributed by atoms with van der Waals surface area (Å²) in [7, 11) is 0. The van der Waals surface area contributed by atoms with Crippen molar-refractivity contribution < 1.29 is 4.79 Å². The van der Waals surface area contributed by atoms with Crippen molar-refractivity contribution >= 4 is 23.3 Å². The fourth-order valence-electron chi connectivity index (χ4n) is 1.83. The Hall–Kier alpha value is -1.26. The average molecular weight is 240 g/mol. The maximum atomic E-state index is 11.7. The Morgan fingerprint density at radius 2 is 2.38 bits per heavy atom. The number of nitrogens with zero attached hydrogens (tertiary/aromatic N) is 1. The molecule has 16 heavy (non-hydrogen) atoms. The fourth-order valence-corrected chi connectivity index (χ4v) is 2.00. The molecule has 1 fully saturated rings. The van der Waals surface area contributed by atoms with Crippen LogP contribution in [0.1, 0.15) is 5.56 Å². The molecule has 86 valence electrons. The van der Waals surface area contributed by atoms with Crippen molar-refractivity contribution in [3.8, 4) is 0 Å². The van der Waals surface area contributed by atoms with E-state index in [0.29, 0.717) is 18.1 Å². The summed E-state index contributed by atoms with van der Waals surface area (Å²) in [4.78, 5) is 13.4. The summed E-state index contributed by atoms with van der Waals surface area (Å²) in [6, 6.07) is 5.45. The Balaban J connectivity index is 2.31. The number of amides is 2. The van der Waals surface area contributed by atoms with E-state index in [0.717, 1.165) is 11.3 Å². The molecule has 1 aliphatic rings. The lowest BCUT2D eigenvalue weighted by molar-refractivity contribution is 0.251. The molecule has 0 aliphatic carbocycles. The molecule has 1 saturated heterocycles. The number of anilines is 1. The molecule has 2 amide bonds. The second-order valence-corrected chi connectivity index (χ2v) is 4.28. The highest BCUT2D eigenvalue weighted by Gasteiger charge is 2.29. The van der Waals surface area contributed by atoms with Gasteiger partial charge in [-0.15, -0.1) is 0 Å². The molecule has 4 nitrogen and oxygen atoms in total. The number of urea groups is 1. The molecule has 3 N–H and O–H groups in total. The zero-order chi connectivity index (χ0) is 11.7. The molecule has 2 rings (SSSR count). The van der Waals surface area contributed by atoms with E-state index in [1.807, 2.05) is 25.1 Å². The normalized spacial score (nSPS) is 20.1. The van der Waals surface area contributed by atoms with Gasteiger partial charge in [0.2, 0.25) is 0 Å². The van der Waals surface area contributed by atoms with Crippen molar-refractivity contribution in [1.82, 2.24) is 5.32 Å². The molecule has 1 aromatic rings. The highest BCUT2D eigenvalue weighted by atomic mass is 35.5.